The molecule has 0 radical (unpaired) electrons. The van der Waals surface area contributed by atoms with E-state index >= 15 is 0 Å². The third-order valence-corrected chi connectivity index (χ3v) is 7.68. The summed E-state index contributed by atoms with van der Waals surface area (Å²) in [7, 11) is 0. The van der Waals surface area contributed by atoms with Crippen molar-refractivity contribution in [3.8, 4) is 5.88 Å². The van der Waals surface area contributed by atoms with Crippen LogP contribution in [0.25, 0.3) is 10.9 Å². The first kappa shape index (κ1) is 27.6. The average Bonchev–Trinajstić information content (AvgIpc) is 2.93. The minimum atomic E-state index is -0.975. The second-order valence-corrected chi connectivity index (χ2v) is 10.4. The number of pyridine rings is 1. The van der Waals surface area contributed by atoms with Gasteiger partial charge in [0.05, 0.1) is 17.7 Å². The van der Waals surface area contributed by atoms with Gasteiger partial charge in [0.2, 0.25) is 11.8 Å². The number of piperazine rings is 1. The number of hydrogen-bond donors (Lipinski definition) is 3. The molecule has 4 rings (SSSR count). The highest BCUT2D eigenvalue weighted by molar-refractivity contribution is 6.06. The maximum absolute atomic E-state index is 13.2. The lowest BCUT2D eigenvalue weighted by atomic mass is 9.82. The monoisotopic (exact) mass is 525 g/mol. The number of carbonyl (C=O) groups is 3. The second-order valence-electron chi connectivity index (χ2n) is 10.4. The molecule has 3 amide bonds. The molecule has 0 spiro atoms. The van der Waals surface area contributed by atoms with Crippen molar-refractivity contribution in [1.82, 2.24) is 25.4 Å². The fraction of sp³-hybridized carbons (Fsp3) is 0.571. The number of para-hydroxylation sites is 1. The fourth-order valence-electron chi connectivity index (χ4n) is 5.37. The summed E-state index contributed by atoms with van der Waals surface area (Å²) < 4.78 is 5.97. The first-order chi connectivity index (χ1) is 18.4. The summed E-state index contributed by atoms with van der Waals surface area (Å²) in [5.41, 5.74) is 1.28. The van der Waals surface area contributed by atoms with E-state index in [4.69, 9.17) is 9.84 Å². The van der Waals surface area contributed by atoms with E-state index in [0.717, 1.165) is 75.7 Å². The van der Waals surface area contributed by atoms with Crippen LogP contribution in [0.4, 0.5) is 4.79 Å². The third kappa shape index (κ3) is 7.80. The standard InChI is InChI=1S/C28H39N5O5/c1-20(34)33-14-12-32(13-15-33)11-4-16-38-26-17-24(23-5-2-3-6-25(23)31-26)27(35)29-18-21-7-9-22(10-8-21)19-30-28(36)37/h2-3,5-6,17,21-22,30H,4,7-16,18-19H2,1H3,(H,29,35)(H,36,37)/t21-,22-. The molecule has 206 valence electrons. The molecule has 2 heterocycles. The number of hydrogen-bond acceptors (Lipinski definition) is 6. The second kappa shape index (κ2) is 13.4. The van der Waals surface area contributed by atoms with E-state index in [1.54, 1.807) is 13.0 Å². The average molecular weight is 526 g/mol. The van der Waals surface area contributed by atoms with Crippen molar-refractivity contribution in [2.45, 2.75) is 39.0 Å². The van der Waals surface area contributed by atoms with E-state index in [2.05, 4.69) is 20.5 Å². The number of aromatic nitrogens is 1. The molecule has 1 aromatic heterocycles. The van der Waals surface area contributed by atoms with Gasteiger partial charge in [-0.2, -0.15) is 0 Å². The summed E-state index contributed by atoms with van der Waals surface area (Å²) in [5.74, 6) is 1.20. The van der Waals surface area contributed by atoms with E-state index in [9.17, 15) is 14.4 Å². The van der Waals surface area contributed by atoms with Crippen molar-refractivity contribution in [3.05, 3.63) is 35.9 Å². The van der Waals surface area contributed by atoms with Crippen LogP contribution in [0, 0.1) is 11.8 Å². The lowest BCUT2D eigenvalue weighted by Crippen LogP contribution is -2.48. The Morgan fingerprint density at radius 3 is 2.32 bits per heavy atom. The van der Waals surface area contributed by atoms with E-state index in [1.807, 2.05) is 29.2 Å². The van der Waals surface area contributed by atoms with Gasteiger partial charge in [0.25, 0.3) is 5.91 Å². The molecule has 1 aliphatic heterocycles. The Morgan fingerprint density at radius 1 is 1.00 bits per heavy atom. The summed E-state index contributed by atoms with van der Waals surface area (Å²) in [5, 5.41) is 15.2. The smallest absolute Gasteiger partial charge is 0.404 e. The van der Waals surface area contributed by atoms with Crippen molar-refractivity contribution in [2.24, 2.45) is 11.8 Å². The molecule has 1 saturated heterocycles. The van der Waals surface area contributed by atoms with Crippen LogP contribution in [0.5, 0.6) is 5.88 Å². The topological polar surface area (TPSA) is 124 Å². The predicted octanol–water partition coefficient (Wildman–Crippen LogP) is 2.97. The zero-order chi connectivity index (χ0) is 26.9. The van der Waals surface area contributed by atoms with Gasteiger partial charge in [-0.25, -0.2) is 9.78 Å². The van der Waals surface area contributed by atoms with Gasteiger partial charge in [0.1, 0.15) is 0 Å². The summed E-state index contributed by atoms with van der Waals surface area (Å²) in [6.45, 7) is 7.38. The van der Waals surface area contributed by atoms with E-state index in [1.165, 1.54) is 0 Å². The lowest BCUT2D eigenvalue weighted by molar-refractivity contribution is -0.130. The van der Waals surface area contributed by atoms with Crippen LogP contribution in [-0.2, 0) is 4.79 Å². The van der Waals surface area contributed by atoms with Crippen LogP contribution in [0.3, 0.4) is 0 Å². The number of ether oxygens (including phenoxy) is 1. The van der Waals surface area contributed by atoms with E-state index < -0.39 is 6.09 Å². The number of nitrogens with one attached hydrogen (secondary N) is 2. The molecule has 0 bridgehead atoms. The van der Waals surface area contributed by atoms with E-state index in [0.29, 0.717) is 43.0 Å². The van der Waals surface area contributed by atoms with Crippen LogP contribution in [-0.4, -0.2) is 90.2 Å². The van der Waals surface area contributed by atoms with Crippen molar-refractivity contribution in [3.63, 3.8) is 0 Å². The summed E-state index contributed by atoms with van der Waals surface area (Å²) in [6, 6.07) is 9.33. The summed E-state index contributed by atoms with van der Waals surface area (Å²) in [6.07, 6.45) is 3.73. The molecule has 38 heavy (non-hydrogen) atoms. The van der Waals surface area contributed by atoms with Gasteiger partial charge >= 0.3 is 6.09 Å². The zero-order valence-corrected chi connectivity index (χ0v) is 22.2. The minimum Gasteiger partial charge on any atom is -0.478 e. The quantitative estimate of drug-likeness (QED) is 0.408. The molecule has 0 unspecified atom stereocenters. The molecule has 1 aromatic carbocycles. The molecular weight excluding hydrogens is 486 g/mol. The van der Waals surface area contributed by atoms with Crippen molar-refractivity contribution in [1.29, 1.82) is 0 Å². The maximum atomic E-state index is 13.2. The minimum absolute atomic E-state index is 0.133. The number of nitrogens with zero attached hydrogens (tertiary/aromatic N) is 3. The van der Waals surface area contributed by atoms with Gasteiger partial charge < -0.3 is 25.4 Å². The van der Waals surface area contributed by atoms with Crippen LogP contribution in [0.1, 0.15) is 49.4 Å². The Labute approximate surface area is 223 Å². The van der Waals surface area contributed by atoms with Crippen LogP contribution < -0.4 is 15.4 Å². The first-order valence-electron chi connectivity index (χ1n) is 13.6. The molecule has 10 nitrogen and oxygen atoms in total. The maximum Gasteiger partial charge on any atom is 0.404 e. The number of rotatable bonds is 10. The van der Waals surface area contributed by atoms with Crippen molar-refractivity contribution < 1.29 is 24.2 Å². The normalized spacial score (nSPS) is 20.2. The van der Waals surface area contributed by atoms with Gasteiger partial charge in [-0.15, -0.1) is 0 Å². The Balaban J connectivity index is 1.27. The van der Waals surface area contributed by atoms with Crippen LogP contribution in [0.2, 0.25) is 0 Å². The first-order valence-corrected chi connectivity index (χ1v) is 13.6. The molecule has 10 heteroatoms. The molecule has 2 aliphatic rings. The predicted molar refractivity (Wildman–Crippen MR) is 144 cm³/mol. The molecule has 2 fully saturated rings. The number of fused-ring (bicyclic) bond motifs is 1. The third-order valence-electron chi connectivity index (χ3n) is 7.68. The number of amides is 3. The number of carboxylic acid groups (broad SMARTS) is 1. The molecule has 2 aromatic rings. The highest BCUT2D eigenvalue weighted by Gasteiger charge is 2.23. The highest BCUT2D eigenvalue weighted by atomic mass is 16.5. The zero-order valence-electron chi connectivity index (χ0n) is 22.2. The fourth-order valence-corrected chi connectivity index (χ4v) is 5.37. The van der Waals surface area contributed by atoms with Gasteiger partial charge in [0, 0.05) is 64.2 Å². The summed E-state index contributed by atoms with van der Waals surface area (Å²) >= 11 is 0. The molecule has 1 saturated carbocycles. The lowest BCUT2D eigenvalue weighted by Gasteiger charge is -2.34. The Bertz CT molecular complexity index is 1110. The van der Waals surface area contributed by atoms with E-state index in [-0.39, 0.29) is 11.8 Å². The highest BCUT2D eigenvalue weighted by Crippen LogP contribution is 2.28. The van der Waals surface area contributed by atoms with Crippen LogP contribution in [0.15, 0.2) is 30.3 Å². The largest absolute Gasteiger partial charge is 0.478 e. The molecular formula is C28H39N5O5. The molecule has 3 N–H and O–H groups in total. The van der Waals surface area contributed by atoms with Gasteiger partial charge in [-0.1, -0.05) is 18.2 Å². The van der Waals surface area contributed by atoms with Crippen molar-refractivity contribution >= 4 is 28.8 Å². The number of benzene rings is 1. The Hall–Kier alpha value is -3.40. The summed E-state index contributed by atoms with van der Waals surface area (Å²) in [4.78, 5) is 44.2. The molecule has 1 aliphatic carbocycles. The van der Waals surface area contributed by atoms with Gasteiger partial charge in [0.15, 0.2) is 0 Å². The van der Waals surface area contributed by atoms with Gasteiger partial charge in [-0.05, 0) is 50.0 Å². The van der Waals surface area contributed by atoms with Crippen molar-refractivity contribution in [2.75, 3.05) is 52.4 Å². The number of carbonyl (C=O) groups excluding carboxylic acids is 2. The van der Waals surface area contributed by atoms with Crippen LogP contribution >= 0.6 is 0 Å². The SMILES string of the molecule is CC(=O)N1CCN(CCCOc2cc(C(=O)NC[C@H]3CC[C@H](CNC(=O)O)CC3)c3ccccc3n2)CC1. The molecule has 0 atom stereocenters. The Kier molecular flexibility index (Phi) is 9.75. The Morgan fingerprint density at radius 2 is 1.66 bits per heavy atom. The van der Waals surface area contributed by atoms with Gasteiger partial charge in [-0.3, -0.25) is 14.5 Å².